The molecule has 0 saturated carbocycles. The number of fused-ring (bicyclic) bond motifs is 1. The number of carbonyl (C=O) groups is 1. The minimum atomic E-state index is -3.40. The molecule has 0 aliphatic carbocycles. The van der Waals surface area contributed by atoms with Crippen LogP contribution in [-0.4, -0.2) is 36.8 Å². The third-order valence-electron chi connectivity index (χ3n) is 6.32. The molecule has 0 fully saturated rings. The second kappa shape index (κ2) is 10.9. The molecule has 0 aliphatic heterocycles. The van der Waals surface area contributed by atoms with Gasteiger partial charge in [-0.2, -0.15) is 5.26 Å². The van der Waals surface area contributed by atoms with E-state index < -0.39 is 28.4 Å². The van der Waals surface area contributed by atoms with Crippen LogP contribution in [0.25, 0.3) is 11.0 Å². The zero-order chi connectivity index (χ0) is 26.6. The highest BCUT2D eigenvalue weighted by molar-refractivity contribution is 7.91. The van der Waals surface area contributed by atoms with E-state index in [4.69, 9.17) is 4.42 Å². The number of aryl methyl sites for hydroxylation is 1. The van der Waals surface area contributed by atoms with E-state index in [2.05, 4.69) is 16.4 Å². The summed E-state index contributed by atoms with van der Waals surface area (Å²) in [6, 6.07) is 16.9. The number of amides is 1. The normalized spacial score (nSPS) is 12.3. The summed E-state index contributed by atoms with van der Waals surface area (Å²) in [5, 5.41) is 22.9. The van der Waals surface area contributed by atoms with Gasteiger partial charge in [0, 0.05) is 29.1 Å². The van der Waals surface area contributed by atoms with Gasteiger partial charge in [0.15, 0.2) is 9.84 Å². The van der Waals surface area contributed by atoms with Crippen LogP contribution in [0.3, 0.4) is 0 Å². The number of rotatable bonds is 9. The molecule has 8 nitrogen and oxygen atoms in total. The minimum absolute atomic E-state index is 0.0459. The number of hydrogen-bond donors (Lipinski definition) is 2. The van der Waals surface area contributed by atoms with Gasteiger partial charge in [-0.15, -0.1) is 0 Å². The average molecular weight is 518 g/mol. The summed E-state index contributed by atoms with van der Waals surface area (Å²) in [5.41, 5.74) is 3.73. The third kappa shape index (κ3) is 5.40. The van der Waals surface area contributed by atoms with E-state index in [-0.39, 0.29) is 10.6 Å². The molecular formula is C28H27N3O5S. The van der Waals surface area contributed by atoms with Crippen LogP contribution in [-0.2, 0) is 22.7 Å². The van der Waals surface area contributed by atoms with Crippen LogP contribution in [0.1, 0.15) is 58.4 Å². The second-order valence-corrected chi connectivity index (χ2v) is 10.8. The number of nitrogens with zero attached hydrogens (tertiary/aromatic N) is 2. The number of carbonyl (C=O) groups excluding carboxylic acids is 1. The van der Waals surface area contributed by atoms with Crippen LogP contribution in [0.4, 0.5) is 0 Å². The van der Waals surface area contributed by atoms with E-state index >= 15 is 0 Å². The summed E-state index contributed by atoms with van der Waals surface area (Å²) < 4.78 is 30.2. The highest BCUT2D eigenvalue weighted by Gasteiger charge is 2.20. The smallest absolute Gasteiger partial charge is 0.252 e. The zero-order valence-electron chi connectivity index (χ0n) is 20.6. The van der Waals surface area contributed by atoms with Crippen LogP contribution >= 0.6 is 0 Å². The van der Waals surface area contributed by atoms with Crippen molar-refractivity contribution in [1.82, 2.24) is 10.3 Å². The lowest BCUT2D eigenvalue weighted by molar-refractivity contribution is 0.0914. The van der Waals surface area contributed by atoms with E-state index in [0.29, 0.717) is 28.8 Å². The maximum absolute atomic E-state index is 13.0. The molecule has 2 aromatic heterocycles. The molecule has 2 N–H and O–H groups in total. The summed E-state index contributed by atoms with van der Waals surface area (Å²) in [4.78, 5) is 17.2. The Hall–Kier alpha value is -4.00. The lowest BCUT2D eigenvalue weighted by Gasteiger charge is -2.16. The quantitative estimate of drug-likeness (QED) is 0.341. The SMILES string of the molecule is CCc1c(Cc2ccccc2C#N)oc2cc(C(=O)N[C@@H](CO)c3ccc(S(=O)(=O)CC)cn3)ccc12. The first kappa shape index (κ1) is 26.1. The van der Waals surface area contributed by atoms with Crippen LogP contribution in [0.2, 0.25) is 0 Å². The number of aromatic nitrogens is 1. The summed E-state index contributed by atoms with van der Waals surface area (Å²) >= 11 is 0. The van der Waals surface area contributed by atoms with Crippen LogP contribution in [0.15, 0.2) is 70.1 Å². The van der Waals surface area contributed by atoms with Gasteiger partial charge in [0.25, 0.3) is 5.91 Å². The van der Waals surface area contributed by atoms with E-state index in [9.17, 15) is 23.6 Å². The number of aliphatic hydroxyl groups is 1. The van der Waals surface area contributed by atoms with Crippen molar-refractivity contribution >= 4 is 26.7 Å². The molecule has 0 unspecified atom stereocenters. The molecule has 190 valence electrons. The van der Waals surface area contributed by atoms with Crippen LogP contribution in [0, 0.1) is 11.3 Å². The largest absolute Gasteiger partial charge is 0.460 e. The lowest BCUT2D eigenvalue weighted by Crippen LogP contribution is -2.31. The highest BCUT2D eigenvalue weighted by atomic mass is 32.2. The standard InChI is InChI=1S/C28H27N3O5S/c1-3-22-23-11-9-19(14-27(23)36-26(22)13-18-7-5-6-8-20(18)15-29)28(33)31-25(17-32)24-12-10-21(16-30-24)37(34,35)4-2/h5-12,14,16,25,32H,3-4,13,17H2,1-2H3,(H,31,33)/t25-/m0/s1. The highest BCUT2D eigenvalue weighted by Crippen LogP contribution is 2.30. The van der Waals surface area contributed by atoms with Crippen LogP contribution < -0.4 is 5.32 Å². The molecule has 4 aromatic rings. The Balaban J connectivity index is 1.58. The number of furan rings is 1. The number of pyridine rings is 1. The fraction of sp³-hybridized carbons (Fsp3) is 0.250. The molecule has 9 heteroatoms. The Kier molecular flexibility index (Phi) is 7.71. The maximum atomic E-state index is 13.0. The van der Waals surface area contributed by atoms with Crippen LogP contribution in [0.5, 0.6) is 0 Å². The molecular weight excluding hydrogens is 490 g/mol. The van der Waals surface area contributed by atoms with Gasteiger partial charge in [0.1, 0.15) is 11.3 Å². The molecule has 0 spiro atoms. The van der Waals surface area contributed by atoms with Crippen molar-refractivity contribution in [2.24, 2.45) is 0 Å². The van der Waals surface area contributed by atoms with Gasteiger partial charge in [-0.05, 0) is 42.3 Å². The first-order valence-corrected chi connectivity index (χ1v) is 13.6. The molecule has 37 heavy (non-hydrogen) atoms. The lowest BCUT2D eigenvalue weighted by atomic mass is 10.00. The Labute approximate surface area is 215 Å². The number of aliphatic hydroxyl groups excluding tert-OH is 1. The zero-order valence-corrected chi connectivity index (χ0v) is 21.4. The molecule has 4 rings (SSSR count). The summed E-state index contributed by atoms with van der Waals surface area (Å²) in [7, 11) is -3.40. The van der Waals surface area contributed by atoms with Crippen molar-refractivity contribution in [2.45, 2.75) is 37.6 Å². The summed E-state index contributed by atoms with van der Waals surface area (Å²) in [6.45, 7) is 3.16. The molecule has 0 radical (unpaired) electrons. The Morgan fingerprint density at radius 1 is 1.16 bits per heavy atom. The predicted octanol–water partition coefficient (Wildman–Crippen LogP) is 4.11. The molecule has 0 bridgehead atoms. The van der Waals surface area contributed by atoms with Gasteiger partial charge in [-0.1, -0.05) is 38.1 Å². The van der Waals surface area contributed by atoms with Gasteiger partial charge in [0.05, 0.1) is 40.6 Å². The average Bonchev–Trinajstić information content (AvgIpc) is 3.28. The number of benzene rings is 2. The fourth-order valence-corrected chi connectivity index (χ4v) is 5.05. The molecule has 0 aliphatic rings. The molecule has 2 heterocycles. The number of nitriles is 1. The van der Waals surface area contributed by atoms with Gasteiger partial charge >= 0.3 is 0 Å². The second-order valence-electron chi connectivity index (χ2n) is 8.54. The molecule has 2 aromatic carbocycles. The van der Waals surface area contributed by atoms with Crippen molar-refractivity contribution in [3.05, 3.63) is 94.5 Å². The van der Waals surface area contributed by atoms with Crippen molar-refractivity contribution in [2.75, 3.05) is 12.4 Å². The van der Waals surface area contributed by atoms with Gasteiger partial charge in [-0.3, -0.25) is 9.78 Å². The Bertz CT molecular complexity index is 1580. The third-order valence-corrected chi connectivity index (χ3v) is 8.04. The minimum Gasteiger partial charge on any atom is -0.460 e. The summed E-state index contributed by atoms with van der Waals surface area (Å²) in [6.07, 6.45) is 2.42. The van der Waals surface area contributed by atoms with Gasteiger partial charge < -0.3 is 14.8 Å². The number of hydrogen-bond acceptors (Lipinski definition) is 7. The fourth-order valence-electron chi connectivity index (χ4n) is 4.23. The number of nitrogens with one attached hydrogen (secondary N) is 1. The number of sulfone groups is 1. The van der Waals surface area contributed by atoms with Crippen molar-refractivity contribution in [3.8, 4) is 6.07 Å². The Morgan fingerprint density at radius 3 is 2.59 bits per heavy atom. The van der Waals surface area contributed by atoms with Gasteiger partial charge in [-0.25, -0.2) is 8.42 Å². The van der Waals surface area contributed by atoms with Crippen molar-refractivity contribution in [3.63, 3.8) is 0 Å². The van der Waals surface area contributed by atoms with E-state index in [1.807, 2.05) is 31.2 Å². The maximum Gasteiger partial charge on any atom is 0.252 e. The molecule has 1 amide bonds. The van der Waals surface area contributed by atoms with Gasteiger partial charge in [0.2, 0.25) is 0 Å². The van der Waals surface area contributed by atoms with Crippen molar-refractivity contribution < 1.29 is 22.7 Å². The molecule has 1 atom stereocenters. The monoisotopic (exact) mass is 517 g/mol. The topological polar surface area (TPSA) is 133 Å². The molecule has 0 saturated heterocycles. The van der Waals surface area contributed by atoms with E-state index in [1.165, 1.54) is 18.3 Å². The summed E-state index contributed by atoms with van der Waals surface area (Å²) in [5.74, 6) is 0.270. The first-order valence-electron chi connectivity index (χ1n) is 11.9. The van der Waals surface area contributed by atoms with E-state index in [1.54, 1.807) is 25.1 Å². The van der Waals surface area contributed by atoms with E-state index in [0.717, 1.165) is 28.7 Å². The Morgan fingerprint density at radius 2 is 1.95 bits per heavy atom. The van der Waals surface area contributed by atoms with Crippen molar-refractivity contribution in [1.29, 1.82) is 5.26 Å². The first-order chi connectivity index (χ1) is 17.8. The predicted molar refractivity (Wildman–Crippen MR) is 139 cm³/mol.